The van der Waals surface area contributed by atoms with Gasteiger partial charge in [0.2, 0.25) is 10.0 Å². The van der Waals surface area contributed by atoms with Gasteiger partial charge in [0.1, 0.15) is 5.56 Å². The fraction of sp³-hybridized carbons (Fsp3) is 0.357. The SMILES string of the molecule is C[C@H]1Cc2cc(C(F)(F)F)ccc2S(=O)(=O)N(Cc2cccc(-n3ncc(C(=O)O)c3[C@@H]3C[C@H]3c3cn(C)nn3)c2)C1. The molecule has 0 radical (unpaired) electrons. The van der Waals surface area contributed by atoms with Crippen LogP contribution in [-0.4, -0.2) is 55.1 Å². The zero-order valence-corrected chi connectivity index (χ0v) is 23.5. The average molecular weight is 601 g/mol. The first-order valence-corrected chi connectivity index (χ1v) is 14.7. The summed E-state index contributed by atoms with van der Waals surface area (Å²) in [6.45, 7) is 1.91. The molecule has 6 rings (SSSR count). The first-order valence-electron chi connectivity index (χ1n) is 13.3. The number of alkyl halides is 3. The average Bonchev–Trinajstić information content (AvgIpc) is 3.39. The van der Waals surface area contributed by atoms with Crippen molar-refractivity contribution >= 4 is 16.0 Å². The molecule has 42 heavy (non-hydrogen) atoms. The fourth-order valence-electron chi connectivity index (χ4n) is 5.78. The maximum Gasteiger partial charge on any atom is 0.416 e. The van der Waals surface area contributed by atoms with Crippen molar-refractivity contribution in [1.29, 1.82) is 0 Å². The van der Waals surface area contributed by atoms with E-state index in [1.807, 2.05) is 0 Å². The maximum absolute atomic E-state index is 13.6. The quantitative estimate of drug-likeness (QED) is 0.349. The van der Waals surface area contributed by atoms with Crippen LogP contribution in [0.25, 0.3) is 5.69 Å². The molecule has 10 nitrogen and oxygen atoms in total. The molecule has 3 heterocycles. The van der Waals surface area contributed by atoms with Crippen LogP contribution in [-0.2, 0) is 36.2 Å². The molecule has 1 aliphatic carbocycles. The normalized spacial score (nSPS) is 22.0. The van der Waals surface area contributed by atoms with Gasteiger partial charge in [-0.15, -0.1) is 5.10 Å². The molecule has 2 aromatic carbocycles. The van der Waals surface area contributed by atoms with Gasteiger partial charge in [0.05, 0.1) is 33.7 Å². The van der Waals surface area contributed by atoms with Gasteiger partial charge in [0, 0.05) is 38.2 Å². The number of benzene rings is 2. The van der Waals surface area contributed by atoms with Gasteiger partial charge < -0.3 is 5.11 Å². The first-order chi connectivity index (χ1) is 19.8. The molecule has 0 unspecified atom stereocenters. The van der Waals surface area contributed by atoms with Crippen molar-refractivity contribution in [2.45, 2.75) is 49.2 Å². The number of aromatic carboxylic acids is 1. The third kappa shape index (κ3) is 5.09. The molecule has 2 aromatic heterocycles. The van der Waals surface area contributed by atoms with Crippen LogP contribution in [0.3, 0.4) is 0 Å². The summed E-state index contributed by atoms with van der Waals surface area (Å²) in [5, 5.41) is 22.4. The Morgan fingerprint density at radius 3 is 2.62 bits per heavy atom. The third-order valence-corrected chi connectivity index (χ3v) is 9.69. The predicted octanol–water partition coefficient (Wildman–Crippen LogP) is 4.37. The summed E-state index contributed by atoms with van der Waals surface area (Å²) in [5.74, 6) is -1.47. The van der Waals surface area contributed by atoms with Crippen LogP contribution in [0.1, 0.15) is 63.6 Å². The van der Waals surface area contributed by atoms with Gasteiger partial charge in [-0.2, -0.15) is 22.6 Å². The van der Waals surface area contributed by atoms with E-state index in [1.54, 1.807) is 53.8 Å². The number of rotatable bonds is 6. The number of nitrogens with zero attached hydrogens (tertiary/aromatic N) is 6. The minimum Gasteiger partial charge on any atom is -0.478 e. The summed E-state index contributed by atoms with van der Waals surface area (Å²) in [6, 6.07) is 9.78. The summed E-state index contributed by atoms with van der Waals surface area (Å²) in [5.41, 5.74) is 1.84. The third-order valence-electron chi connectivity index (χ3n) is 7.78. The van der Waals surface area contributed by atoms with E-state index in [-0.39, 0.29) is 53.3 Å². The number of sulfonamides is 1. The zero-order valence-electron chi connectivity index (χ0n) is 22.7. The highest BCUT2D eigenvalue weighted by Crippen LogP contribution is 2.55. The van der Waals surface area contributed by atoms with Crippen LogP contribution >= 0.6 is 0 Å². The molecule has 1 N–H and O–H groups in total. The second-order valence-corrected chi connectivity index (χ2v) is 12.9. The van der Waals surface area contributed by atoms with Gasteiger partial charge >= 0.3 is 12.1 Å². The Hall–Kier alpha value is -4.04. The molecule has 0 spiro atoms. The molecule has 220 valence electrons. The fourth-order valence-corrected chi connectivity index (χ4v) is 7.54. The smallest absolute Gasteiger partial charge is 0.416 e. The van der Waals surface area contributed by atoms with Crippen LogP contribution in [0.5, 0.6) is 0 Å². The Balaban J connectivity index is 1.32. The number of fused-ring (bicyclic) bond motifs is 1. The Labute approximate surface area is 239 Å². The van der Waals surface area contributed by atoms with Crippen molar-refractivity contribution in [1.82, 2.24) is 29.1 Å². The highest BCUT2D eigenvalue weighted by Gasteiger charge is 2.46. The molecule has 1 aliphatic heterocycles. The molecular formula is C28H27F3N6O4S. The van der Waals surface area contributed by atoms with Crippen molar-refractivity contribution in [2.24, 2.45) is 13.0 Å². The second-order valence-electron chi connectivity index (χ2n) is 11.0. The van der Waals surface area contributed by atoms with Crippen molar-refractivity contribution in [3.05, 3.63) is 88.5 Å². The maximum atomic E-state index is 13.6. The van der Waals surface area contributed by atoms with Gasteiger partial charge in [-0.25, -0.2) is 17.9 Å². The van der Waals surface area contributed by atoms with E-state index in [0.717, 1.165) is 23.9 Å². The lowest BCUT2D eigenvalue weighted by molar-refractivity contribution is -0.137. The molecular weight excluding hydrogens is 573 g/mol. The molecule has 2 aliphatic rings. The minimum absolute atomic E-state index is 0.00269. The van der Waals surface area contributed by atoms with E-state index >= 15 is 0 Å². The molecule has 3 atom stereocenters. The number of halogens is 3. The largest absolute Gasteiger partial charge is 0.478 e. The van der Waals surface area contributed by atoms with Gasteiger partial charge in [0.15, 0.2) is 0 Å². The standard InChI is InChI=1S/C28H27F3N6O4S/c1-16-8-18-10-19(28(29,30)31)6-7-25(18)42(40,41)36(13-16)14-17-4-3-5-20(9-17)37-26(23(12-32-37)27(38)39)22-11-21(22)24-15-35(2)34-33-24/h3-7,9-10,12,15-16,21-22H,8,11,13-14H2,1-2H3,(H,38,39)/t16-,21+,22+/m0/s1. The summed E-state index contributed by atoms with van der Waals surface area (Å²) in [6.07, 6.45) is -0.586. The summed E-state index contributed by atoms with van der Waals surface area (Å²) in [7, 11) is -2.33. The number of aryl methyl sites for hydroxylation is 1. The molecule has 0 saturated heterocycles. The van der Waals surface area contributed by atoms with Crippen molar-refractivity contribution in [2.75, 3.05) is 6.54 Å². The van der Waals surface area contributed by atoms with Crippen LogP contribution in [0, 0.1) is 5.92 Å². The van der Waals surface area contributed by atoms with E-state index in [0.29, 0.717) is 23.4 Å². The lowest BCUT2D eigenvalue weighted by Crippen LogP contribution is -2.32. The molecule has 4 aromatic rings. The molecule has 1 fully saturated rings. The van der Waals surface area contributed by atoms with E-state index in [4.69, 9.17) is 0 Å². The van der Waals surface area contributed by atoms with E-state index in [9.17, 15) is 31.5 Å². The predicted molar refractivity (Wildman–Crippen MR) is 144 cm³/mol. The Bertz CT molecular complexity index is 1800. The highest BCUT2D eigenvalue weighted by molar-refractivity contribution is 7.89. The summed E-state index contributed by atoms with van der Waals surface area (Å²) >= 11 is 0. The Morgan fingerprint density at radius 2 is 1.93 bits per heavy atom. The monoisotopic (exact) mass is 600 g/mol. The van der Waals surface area contributed by atoms with Crippen molar-refractivity contribution < 1.29 is 31.5 Å². The lowest BCUT2D eigenvalue weighted by Gasteiger charge is -2.23. The van der Waals surface area contributed by atoms with Gasteiger partial charge in [-0.05, 0) is 60.2 Å². The van der Waals surface area contributed by atoms with Crippen LogP contribution in [0.15, 0.2) is 59.8 Å². The van der Waals surface area contributed by atoms with Gasteiger partial charge in [0.25, 0.3) is 0 Å². The van der Waals surface area contributed by atoms with Crippen LogP contribution in [0.4, 0.5) is 13.2 Å². The number of hydrogen-bond donors (Lipinski definition) is 1. The van der Waals surface area contributed by atoms with E-state index in [1.165, 1.54) is 10.5 Å². The topological polar surface area (TPSA) is 123 Å². The number of carbonyl (C=O) groups is 1. The van der Waals surface area contributed by atoms with E-state index < -0.39 is 27.7 Å². The molecule has 0 bridgehead atoms. The Morgan fingerprint density at radius 1 is 1.14 bits per heavy atom. The zero-order chi connectivity index (χ0) is 30.0. The molecule has 1 saturated carbocycles. The summed E-state index contributed by atoms with van der Waals surface area (Å²) in [4.78, 5) is 11.9. The number of carboxylic acids is 1. The first kappa shape index (κ1) is 28.1. The summed E-state index contributed by atoms with van der Waals surface area (Å²) < 4.78 is 71.7. The number of hydrogen-bond acceptors (Lipinski definition) is 6. The molecule has 0 amide bonds. The number of aromatic nitrogens is 5. The van der Waals surface area contributed by atoms with Gasteiger partial charge in [-0.1, -0.05) is 24.3 Å². The van der Waals surface area contributed by atoms with Crippen molar-refractivity contribution in [3.8, 4) is 5.69 Å². The second kappa shape index (κ2) is 10.1. The van der Waals surface area contributed by atoms with Gasteiger partial charge in [-0.3, -0.25) is 4.68 Å². The molecule has 14 heteroatoms. The van der Waals surface area contributed by atoms with Crippen molar-refractivity contribution in [3.63, 3.8) is 0 Å². The number of carboxylic acid groups (broad SMARTS) is 1. The van der Waals surface area contributed by atoms with Crippen LogP contribution < -0.4 is 0 Å². The Kier molecular flexibility index (Phi) is 6.72. The lowest BCUT2D eigenvalue weighted by atomic mass is 9.99. The highest BCUT2D eigenvalue weighted by atomic mass is 32.2. The van der Waals surface area contributed by atoms with Crippen LogP contribution in [0.2, 0.25) is 0 Å². The minimum atomic E-state index is -4.57. The van der Waals surface area contributed by atoms with E-state index in [2.05, 4.69) is 15.4 Å².